The summed E-state index contributed by atoms with van der Waals surface area (Å²) in [7, 11) is 0. The fourth-order valence-electron chi connectivity index (χ4n) is 2.31. The molecule has 1 saturated heterocycles. The summed E-state index contributed by atoms with van der Waals surface area (Å²) in [6, 6.07) is 8.71. The van der Waals surface area contributed by atoms with Gasteiger partial charge in [0.25, 0.3) is 22.7 Å². The Hall–Kier alpha value is -3.40. The zero-order chi connectivity index (χ0) is 19.4. The summed E-state index contributed by atoms with van der Waals surface area (Å²) in [4.78, 5) is 47.6. The van der Waals surface area contributed by atoms with Crippen molar-refractivity contribution in [3.8, 4) is 0 Å². The van der Waals surface area contributed by atoms with Crippen LogP contribution in [-0.2, 0) is 4.79 Å². The molecular formula is C17H13N3O6S. The van der Waals surface area contributed by atoms with Gasteiger partial charge in [-0.15, -0.1) is 0 Å². The smallest absolute Gasteiger partial charge is 0.293 e. The monoisotopic (exact) mass is 387 g/mol. The van der Waals surface area contributed by atoms with Gasteiger partial charge in [-0.25, -0.2) is 0 Å². The van der Waals surface area contributed by atoms with Gasteiger partial charge in [-0.05, 0) is 47.7 Å². The summed E-state index contributed by atoms with van der Waals surface area (Å²) in [6.07, 6.45) is 2.87. The molecule has 1 fully saturated rings. The highest BCUT2D eigenvalue weighted by atomic mass is 32.2. The molecule has 0 aliphatic carbocycles. The molecule has 27 heavy (non-hydrogen) atoms. The molecule has 1 aliphatic heterocycles. The summed E-state index contributed by atoms with van der Waals surface area (Å²) in [6.45, 7) is 0.108. The summed E-state index contributed by atoms with van der Waals surface area (Å²) in [5, 5.41) is 12.8. The van der Waals surface area contributed by atoms with Crippen LogP contribution in [0.15, 0.2) is 52.0 Å². The van der Waals surface area contributed by atoms with Crippen LogP contribution in [0.5, 0.6) is 0 Å². The van der Waals surface area contributed by atoms with Crippen molar-refractivity contribution < 1.29 is 23.7 Å². The van der Waals surface area contributed by atoms with Gasteiger partial charge in [-0.3, -0.25) is 29.4 Å². The van der Waals surface area contributed by atoms with Crippen LogP contribution in [-0.4, -0.2) is 40.0 Å². The zero-order valence-electron chi connectivity index (χ0n) is 13.8. The average molecular weight is 387 g/mol. The van der Waals surface area contributed by atoms with E-state index in [-0.39, 0.29) is 29.4 Å². The molecule has 1 N–H and O–H groups in total. The Bertz CT molecular complexity index is 921. The Morgan fingerprint density at radius 2 is 2.00 bits per heavy atom. The van der Waals surface area contributed by atoms with E-state index < -0.39 is 22.0 Å². The van der Waals surface area contributed by atoms with Crippen LogP contribution in [0, 0.1) is 10.1 Å². The quantitative estimate of drug-likeness (QED) is 0.459. The van der Waals surface area contributed by atoms with E-state index in [1.165, 1.54) is 42.7 Å². The Kier molecular flexibility index (Phi) is 5.36. The number of amides is 3. The van der Waals surface area contributed by atoms with Gasteiger partial charge in [0.15, 0.2) is 5.76 Å². The van der Waals surface area contributed by atoms with E-state index in [2.05, 4.69) is 5.32 Å². The minimum atomic E-state index is -0.519. The van der Waals surface area contributed by atoms with Crippen LogP contribution < -0.4 is 5.32 Å². The first kappa shape index (κ1) is 18.4. The lowest BCUT2D eigenvalue weighted by atomic mass is 10.2. The second-order valence-corrected chi connectivity index (χ2v) is 6.41. The Labute approximate surface area is 157 Å². The van der Waals surface area contributed by atoms with Gasteiger partial charge in [0, 0.05) is 25.2 Å². The third-order valence-electron chi connectivity index (χ3n) is 3.64. The lowest BCUT2D eigenvalue weighted by Crippen LogP contribution is -2.37. The van der Waals surface area contributed by atoms with Gasteiger partial charge in [0.05, 0.1) is 16.1 Å². The first-order chi connectivity index (χ1) is 13.0. The highest BCUT2D eigenvalue weighted by molar-refractivity contribution is 8.18. The molecule has 0 unspecified atom stereocenters. The highest BCUT2D eigenvalue weighted by Gasteiger charge is 2.34. The molecule has 0 atom stereocenters. The lowest BCUT2D eigenvalue weighted by Gasteiger charge is -2.12. The van der Waals surface area contributed by atoms with Gasteiger partial charge in [-0.2, -0.15) is 0 Å². The first-order valence-corrected chi connectivity index (χ1v) is 8.59. The zero-order valence-corrected chi connectivity index (χ0v) is 14.6. The summed E-state index contributed by atoms with van der Waals surface area (Å²) in [5.74, 6) is -0.772. The number of furan rings is 1. The van der Waals surface area contributed by atoms with Gasteiger partial charge < -0.3 is 9.73 Å². The fraction of sp³-hybridized carbons (Fsp3) is 0.118. The van der Waals surface area contributed by atoms with E-state index in [0.29, 0.717) is 5.56 Å². The number of hydrogen-bond acceptors (Lipinski definition) is 7. The number of rotatable bonds is 6. The van der Waals surface area contributed by atoms with E-state index in [4.69, 9.17) is 4.42 Å². The van der Waals surface area contributed by atoms with Crippen molar-refractivity contribution in [2.45, 2.75) is 0 Å². The molecule has 9 nitrogen and oxygen atoms in total. The topological polar surface area (TPSA) is 123 Å². The van der Waals surface area contributed by atoms with E-state index in [1.807, 2.05) is 0 Å². The van der Waals surface area contributed by atoms with Gasteiger partial charge in [0.1, 0.15) is 0 Å². The number of thioether (sulfide) groups is 1. The van der Waals surface area contributed by atoms with Crippen molar-refractivity contribution in [1.29, 1.82) is 0 Å². The number of carbonyl (C=O) groups excluding carboxylic acids is 3. The SMILES string of the molecule is O=C(NCCN1C(=O)SC(=Cc2ccc([N+](=O)[O-])cc2)C1=O)c1ccco1. The normalized spacial score (nSPS) is 15.4. The minimum absolute atomic E-state index is 0.0225. The number of nitro benzene ring substituents is 1. The van der Waals surface area contributed by atoms with Crippen molar-refractivity contribution in [2.75, 3.05) is 13.1 Å². The molecule has 138 valence electrons. The molecule has 1 aromatic carbocycles. The van der Waals surface area contributed by atoms with Crippen LogP contribution in [0.4, 0.5) is 10.5 Å². The Balaban J connectivity index is 1.60. The van der Waals surface area contributed by atoms with Gasteiger partial charge >= 0.3 is 0 Å². The van der Waals surface area contributed by atoms with Crippen molar-refractivity contribution in [3.63, 3.8) is 0 Å². The second kappa shape index (κ2) is 7.87. The number of non-ortho nitro benzene ring substituents is 1. The van der Waals surface area contributed by atoms with Gasteiger partial charge in [0.2, 0.25) is 0 Å². The fourth-order valence-corrected chi connectivity index (χ4v) is 3.18. The summed E-state index contributed by atoms with van der Waals surface area (Å²) >= 11 is 0.777. The molecule has 1 aliphatic rings. The standard InChI is InChI=1S/C17H13N3O6S/c21-15(13-2-1-9-26-13)18-7-8-19-16(22)14(27-17(19)23)10-11-3-5-12(6-4-11)20(24)25/h1-6,9-10H,7-8H2,(H,18,21). The molecular weight excluding hydrogens is 374 g/mol. The van der Waals surface area contributed by atoms with Crippen molar-refractivity contribution >= 4 is 40.6 Å². The molecule has 0 saturated carbocycles. The van der Waals surface area contributed by atoms with E-state index in [0.717, 1.165) is 16.7 Å². The number of carbonyl (C=O) groups is 3. The number of nitrogens with zero attached hydrogens (tertiary/aromatic N) is 2. The molecule has 1 aromatic heterocycles. The van der Waals surface area contributed by atoms with Crippen LogP contribution >= 0.6 is 11.8 Å². The van der Waals surface area contributed by atoms with Crippen LogP contribution in [0.1, 0.15) is 16.1 Å². The largest absolute Gasteiger partial charge is 0.459 e. The highest BCUT2D eigenvalue weighted by Crippen LogP contribution is 2.32. The summed E-state index contributed by atoms with van der Waals surface area (Å²) in [5.41, 5.74) is 0.504. The second-order valence-electron chi connectivity index (χ2n) is 5.42. The molecule has 10 heteroatoms. The van der Waals surface area contributed by atoms with Crippen molar-refractivity contribution in [1.82, 2.24) is 10.2 Å². The molecule has 2 heterocycles. The third kappa shape index (κ3) is 4.23. The van der Waals surface area contributed by atoms with Crippen molar-refractivity contribution in [3.05, 3.63) is 69.0 Å². The molecule has 3 amide bonds. The molecule has 2 aromatic rings. The minimum Gasteiger partial charge on any atom is -0.459 e. The van der Waals surface area contributed by atoms with Crippen LogP contribution in [0.3, 0.4) is 0 Å². The van der Waals surface area contributed by atoms with Crippen molar-refractivity contribution in [2.24, 2.45) is 0 Å². The number of benzene rings is 1. The predicted octanol–water partition coefficient (Wildman–Crippen LogP) is 2.65. The maximum Gasteiger partial charge on any atom is 0.293 e. The number of nitrogens with one attached hydrogen (secondary N) is 1. The van der Waals surface area contributed by atoms with E-state index >= 15 is 0 Å². The van der Waals surface area contributed by atoms with E-state index in [9.17, 15) is 24.5 Å². The van der Waals surface area contributed by atoms with Crippen LogP contribution in [0.2, 0.25) is 0 Å². The van der Waals surface area contributed by atoms with Crippen LogP contribution in [0.25, 0.3) is 6.08 Å². The maximum atomic E-state index is 12.4. The predicted molar refractivity (Wildman–Crippen MR) is 96.8 cm³/mol. The molecule has 3 rings (SSSR count). The van der Waals surface area contributed by atoms with Gasteiger partial charge in [-0.1, -0.05) is 0 Å². The third-order valence-corrected chi connectivity index (χ3v) is 4.55. The number of nitro groups is 1. The Morgan fingerprint density at radius 3 is 2.63 bits per heavy atom. The number of hydrogen-bond donors (Lipinski definition) is 1. The molecule has 0 bridgehead atoms. The maximum absolute atomic E-state index is 12.4. The molecule has 0 spiro atoms. The lowest BCUT2D eigenvalue weighted by molar-refractivity contribution is -0.384. The van der Waals surface area contributed by atoms with E-state index in [1.54, 1.807) is 6.07 Å². The Morgan fingerprint density at radius 1 is 1.26 bits per heavy atom. The summed E-state index contributed by atoms with van der Waals surface area (Å²) < 4.78 is 4.95. The average Bonchev–Trinajstić information content (AvgIpc) is 3.26. The molecule has 0 radical (unpaired) electrons. The number of imide groups is 1. The first-order valence-electron chi connectivity index (χ1n) is 7.77.